The molecule has 0 spiro atoms. The smallest absolute Gasteiger partial charge is 0.127 e. The Kier molecular flexibility index (Phi) is 4.59. The van der Waals surface area contributed by atoms with Crippen LogP contribution in [0, 0.1) is 12.3 Å². The van der Waals surface area contributed by atoms with Gasteiger partial charge in [0.2, 0.25) is 0 Å². The van der Waals surface area contributed by atoms with Crippen LogP contribution < -0.4 is 0 Å². The number of aliphatic hydroxyl groups is 1. The summed E-state index contributed by atoms with van der Waals surface area (Å²) < 4.78 is 0. The fourth-order valence-electron chi connectivity index (χ4n) is 4.29. The molecular formula is C20H29N3OS. The zero-order valence-corrected chi connectivity index (χ0v) is 16.4. The summed E-state index contributed by atoms with van der Waals surface area (Å²) in [5.41, 5.74) is 1.64. The van der Waals surface area contributed by atoms with E-state index in [2.05, 4.69) is 24.8 Å². The molecule has 2 aliphatic rings. The van der Waals surface area contributed by atoms with Crippen molar-refractivity contribution in [3.05, 3.63) is 22.5 Å². The van der Waals surface area contributed by atoms with Gasteiger partial charge >= 0.3 is 0 Å². The molecule has 3 heterocycles. The number of aromatic nitrogens is 2. The van der Waals surface area contributed by atoms with Gasteiger partial charge in [-0.25, -0.2) is 9.97 Å². The zero-order chi connectivity index (χ0) is 17.6. The number of nitrogens with zero attached hydrogens (tertiary/aromatic N) is 3. The number of likely N-dealkylation sites (tertiary alicyclic amines) is 1. The summed E-state index contributed by atoms with van der Waals surface area (Å²) in [4.78, 5) is 14.4. The molecule has 25 heavy (non-hydrogen) atoms. The number of aliphatic hydroxyl groups excluding tert-OH is 1. The van der Waals surface area contributed by atoms with Crippen LogP contribution in [-0.2, 0) is 6.54 Å². The third kappa shape index (κ3) is 3.74. The molecule has 1 atom stereocenters. The Morgan fingerprint density at radius 3 is 2.68 bits per heavy atom. The SMILES string of the molecule is Cc1nc(CN2CC[C@@H](O)C2)c2cc(C3CCC(C)(C)CC3)sc2n1. The van der Waals surface area contributed by atoms with Crippen LogP contribution in [0.3, 0.4) is 0 Å². The molecule has 0 amide bonds. The average Bonchev–Trinajstić information content (AvgIpc) is 3.13. The van der Waals surface area contributed by atoms with Gasteiger partial charge in [-0.1, -0.05) is 13.8 Å². The summed E-state index contributed by atoms with van der Waals surface area (Å²) in [5.74, 6) is 1.55. The molecule has 1 aliphatic carbocycles. The normalized spacial score (nSPS) is 25.0. The van der Waals surface area contributed by atoms with Crippen molar-refractivity contribution in [2.75, 3.05) is 13.1 Å². The van der Waals surface area contributed by atoms with Crippen LogP contribution in [0.5, 0.6) is 0 Å². The van der Waals surface area contributed by atoms with Crippen LogP contribution in [0.15, 0.2) is 6.07 Å². The summed E-state index contributed by atoms with van der Waals surface area (Å²) in [7, 11) is 0. The van der Waals surface area contributed by atoms with Crippen LogP contribution in [0.2, 0.25) is 0 Å². The lowest BCUT2D eigenvalue weighted by Gasteiger charge is -2.33. The standard InChI is InChI=1S/C20H29N3OS/c1-13-21-17(12-23-9-6-15(24)11-23)16-10-18(25-19(16)22-13)14-4-7-20(2,3)8-5-14/h10,14-15,24H,4-9,11-12H2,1-3H3/t15-/m1/s1. The number of hydrogen-bond donors (Lipinski definition) is 1. The van der Waals surface area contributed by atoms with Crippen molar-refractivity contribution in [3.63, 3.8) is 0 Å². The highest BCUT2D eigenvalue weighted by molar-refractivity contribution is 7.18. The second kappa shape index (κ2) is 6.60. The molecule has 5 heteroatoms. The lowest BCUT2D eigenvalue weighted by molar-refractivity contribution is 0.174. The highest BCUT2D eigenvalue weighted by atomic mass is 32.1. The fourth-order valence-corrected chi connectivity index (χ4v) is 5.56. The molecule has 2 aromatic rings. The van der Waals surface area contributed by atoms with E-state index in [1.54, 1.807) is 0 Å². The van der Waals surface area contributed by atoms with Crippen LogP contribution in [0.4, 0.5) is 0 Å². The van der Waals surface area contributed by atoms with Gasteiger partial charge in [-0.2, -0.15) is 0 Å². The minimum atomic E-state index is -0.179. The van der Waals surface area contributed by atoms with Gasteiger partial charge < -0.3 is 5.11 Å². The summed E-state index contributed by atoms with van der Waals surface area (Å²) in [5, 5.41) is 11.0. The molecular weight excluding hydrogens is 330 g/mol. The quantitative estimate of drug-likeness (QED) is 0.890. The van der Waals surface area contributed by atoms with Crippen LogP contribution in [0.25, 0.3) is 10.2 Å². The average molecular weight is 360 g/mol. The monoisotopic (exact) mass is 359 g/mol. The van der Waals surface area contributed by atoms with E-state index in [1.165, 1.54) is 35.9 Å². The first-order valence-electron chi connectivity index (χ1n) is 9.57. The third-order valence-electron chi connectivity index (χ3n) is 5.96. The van der Waals surface area contributed by atoms with E-state index in [-0.39, 0.29) is 6.10 Å². The topological polar surface area (TPSA) is 49.2 Å². The third-order valence-corrected chi connectivity index (χ3v) is 7.16. The second-order valence-electron chi connectivity index (χ2n) is 8.70. The van der Waals surface area contributed by atoms with Gasteiger partial charge in [0.25, 0.3) is 0 Å². The fraction of sp³-hybridized carbons (Fsp3) is 0.700. The molecule has 1 aliphatic heterocycles. The first kappa shape index (κ1) is 17.4. The molecule has 136 valence electrons. The van der Waals surface area contributed by atoms with Gasteiger partial charge in [0.15, 0.2) is 0 Å². The maximum absolute atomic E-state index is 9.79. The molecule has 2 aromatic heterocycles. The number of fused-ring (bicyclic) bond motifs is 1. The van der Waals surface area contributed by atoms with Crippen LogP contribution in [-0.4, -0.2) is 39.2 Å². The highest BCUT2D eigenvalue weighted by Crippen LogP contribution is 2.45. The summed E-state index contributed by atoms with van der Waals surface area (Å²) in [6, 6.07) is 2.37. The number of hydrogen-bond acceptors (Lipinski definition) is 5. The van der Waals surface area contributed by atoms with Gasteiger partial charge in [-0.15, -0.1) is 11.3 Å². The van der Waals surface area contributed by atoms with Crippen molar-refractivity contribution in [2.45, 2.75) is 71.4 Å². The van der Waals surface area contributed by atoms with Crippen molar-refractivity contribution in [1.82, 2.24) is 14.9 Å². The maximum Gasteiger partial charge on any atom is 0.127 e. The molecule has 1 saturated heterocycles. The summed E-state index contributed by atoms with van der Waals surface area (Å²) in [6.07, 6.45) is 5.91. The number of aryl methyl sites for hydroxylation is 1. The van der Waals surface area contributed by atoms with Gasteiger partial charge in [0.05, 0.1) is 11.8 Å². The number of β-amino-alcohol motifs (C(OH)–C–C–N with tert-alkyl or cyclic N) is 1. The largest absolute Gasteiger partial charge is 0.392 e. The minimum Gasteiger partial charge on any atom is -0.392 e. The van der Waals surface area contributed by atoms with Crippen molar-refractivity contribution in [3.8, 4) is 0 Å². The van der Waals surface area contributed by atoms with Crippen LogP contribution in [0.1, 0.15) is 68.3 Å². The Morgan fingerprint density at radius 1 is 1.24 bits per heavy atom. The molecule has 2 fully saturated rings. The molecule has 1 N–H and O–H groups in total. The minimum absolute atomic E-state index is 0.179. The van der Waals surface area contributed by atoms with Crippen molar-refractivity contribution < 1.29 is 5.11 Å². The summed E-state index contributed by atoms with van der Waals surface area (Å²) in [6.45, 7) is 9.33. The predicted octanol–water partition coefficient (Wildman–Crippen LogP) is 4.25. The molecule has 0 aromatic carbocycles. The molecule has 1 saturated carbocycles. The number of thiophene rings is 1. The second-order valence-corrected chi connectivity index (χ2v) is 9.76. The Hall–Kier alpha value is -1.04. The zero-order valence-electron chi connectivity index (χ0n) is 15.6. The van der Waals surface area contributed by atoms with E-state index < -0.39 is 0 Å². The Balaban J connectivity index is 1.60. The molecule has 4 rings (SSSR count). The Bertz CT molecular complexity index is 760. The first-order chi connectivity index (χ1) is 11.9. The highest BCUT2D eigenvalue weighted by Gasteiger charge is 2.29. The molecule has 4 nitrogen and oxygen atoms in total. The van der Waals surface area contributed by atoms with E-state index in [0.717, 1.165) is 42.4 Å². The predicted molar refractivity (Wildman–Crippen MR) is 103 cm³/mol. The lowest BCUT2D eigenvalue weighted by Crippen LogP contribution is -2.22. The number of rotatable bonds is 3. The molecule has 0 unspecified atom stereocenters. The van der Waals surface area contributed by atoms with Gasteiger partial charge in [-0.3, -0.25) is 4.90 Å². The van der Waals surface area contributed by atoms with Crippen molar-refractivity contribution >= 4 is 21.6 Å². The van der Waals surface area contributed by atoms with Crippen molar-refractivity contribution in [2.24, 2.45) is 5.41 Å². The van der Waals surface area contributed by atoms with Crippen molar-refractivity contribution in [1.29, 1.82) is 0 Å². The first-order valence-corrected chi connectivity index (χ1v) is 10.4. The molecule has 0 radical (unpaired) electrons. The van der Waals surface area contributed by atoms with Gasteiger partial charge in [-0.05, 0) is 56.4 Å². The Labute approximate surface area is 154 Å². The van der Waals surface area contributed by atoms with E-state index in [9.17, 15) is 5.11 Å². The lowest BCUT2D eigenvalue weighted by atomic mass is 9.73. The van der Waals surface area contributed by atoms with Crippen LogP contribution >= 0.6 is 11.3 Å². The Morgan fingerprint density at radius 2 is 2.00 bits per heavy atom. The maximum atomic E-state index is 9.79. The van der Waals surface area contributed by atoms with E-state index in [1.807, 2.05) is 18.3 Å². The van der Waals surface area contributed by atoms with E-state index in [0.29, 0.717) is 11.3 Å². The van der Waals surface area contributed by atoms with E-state index >= 15 is 0 Å². The van der Waals surface area contributed by atoms with E-state index in [4.69, 9.17) is 9.97 Å². The molecule has 0 bridgehead atoms. The van der Waals surface area contributed by atoms with Gasteiger partial charge in [0.1, 0.15) is 10.7 Å². The summed E-state index contributed by atoms with van der Waals surface area (Å²) >= 11 is 1.87. The van der Waals surface area contributed by atoms with Gasteiger partial charge in [0, 0.05) is 29.9 Å².